The van der Waals surface area contributed by atoms with Gasteiger partial charge in [-0.3, -0.25) is 14.6 Å². The van der Waals surface area contributed by atoms with E-state index >= 15 is 0 Å². The second kappa shape index (κ2) is 10.3. The summed E-state index contributed by atoms with van der Waals surface area (Å²) < 4.78 is 0. The van der Waals surface area contributed by atoms with Crippen LogP contribution in [-0.2, 0) is 11.3 Å². The van der Waals surface area contributed by atoms with Crippen molar-refractivity contribution in [3.63, 3.8) is 0 Å². The van der Waals surface area contributed by atoms with E-state index in [0.29, 0.717) is 29.2 Å². The van der Waals surface area contributed by atoms with Crippen molar-refractivity contribution in [3.8, 4) is 0 Å². The van der Waals surface area contributed by atoms with Crippen LogP contribution >= 0.6 is 0 Å². The normalized spacial score (nSPS) is 9.61. The van der Waals surface area contributed by atoms with Gasteiger partial charge in [-0.1, -0.05) is 24.3 Å². The fraction of sp³-hybridized carbons (Fsp3) is 0.0952. The van der Waals surface area contributed by atoms with E-state index in [1.807, 2.05) is 12.1 Å². The number of hydrogen-bond acceptors (Lipinski definition) is 5. The largest absolute Gasteiger partial charge is 0.397 e. The van der Waals surface area contributed by atoms with Crippen molar-refractivity contribution in [2.24, 2.45) is 0 Å². The number of amides is 2. The second-order valence-corrected chi connectivity index (χ2v) is 5.93. The van der Waals surface area contributed by atoms with E-state index in [9.17, 15) is 9.59 Å². The van der Waals surface area contributed by atoms with Crippen molar-refractivity contribution >= 4 is 28.9 Å². The third kappa shape index (κ3) is 6.80. The maximum atomic E-state index is 12.1. The Morgan fingerprint density at radius 1 is 0.964 bits per heavy atom. The van der Waals surface area contributed by atoms with E-state index in [2.05, 4.69) is 15.6 Å². The molecule has 0 fully saturated rings. The van der Waals surface area contributed by atoms with Crippen LogP contribution in [0.2, 0.25) is 0 Å². The predicted octanol–water partition coefficient (Wildman–Crippen LogP) is 2.82. The lowest BCUT2D eigenvalue weighted by molar-refractivity contribution is -0.119. The highest BCUT2D eigenvalue weighted by Gasteiger charge is 2.07. The zero-order valence-electron chi connectivity index (χ0n) is 15.6. The van der Waals surface area contributed by atoms with Crippen LogP contribution in [0.15, 0.2) is 73.1 Å². The number of nitrogens with two attached hydrogens (primary N) is 2. The van der Waals surface area contributed by atoms with Crippen molar-refractivity contribution in [3.05, 3.63) is 84.2 Å². The molecule has 0 unspecified atom stereocenters. The summed E-state index contributed by atoms with van der Waals surface area (Å²) in [5.41, 5.74) is 14.4. The Bertz CT molecular complexity index is 912. The number of carbonyl (C=O) groups excluding carboxylic acids is 2. The highest BCUT2D eigenvalue weighted by atomic mass is 16.2. The molecular formula is C21H23N5O2. The van der Waals surface area contributed by atoms with Crippen molar-refractivity contribution in [2.75, 3.05) is 16.8 Å². The SMILES string of the molecule is CC(=O)NCc1ccc(C(=O)Nc2ccccc2N)cc1.Nc1cccnc1. The van der Waals surface area contributed by atoms with Gasteiger partial charge < -0.3 is 22.1 Å². The minimum atomic E-state index is -0.223. The molecule has 0 aliphatic heterocycles. The Hall–Kier alpha value is -3.87. The summed E-state index contributed by atoms with van der Waals surface area (Å²) in [4.78, 5) is 26.7. The van der Waals surface area contributed by atoms with E-state index in [1.54, 1.807) is 60.9 Å². The van der Waals surface area contributed by atoms with Crippen molar-refractivity contribution in [2.45, 2.75) is 13.5 Å². The first-order valence-electron chi connectivity index (χ1n) is 8.60. The lowest BCUT2D eigenvalue weighted by Gasteiger charge is -2.08. The average molecular weight is 377 g/mol. The predicted molar refractivity (Wildman–Crippen MR) is 111 cm³/mol. The zero-order valence-corrected chi connectivity index (χ0v) is 15.6. The molecule has 0 atom stereocenters. The van der Waals surface area contributed by atoms with Gasteiger partial charge in [0.2, 0.25) is 5.91 Å². The Balaban J connectivity index is 0.000000336. The Kier molecular flexibility index (Phi) is 7.53. The molecule has 0 aliphatic carbocycles. The molecule has 1 aromatic heterocycles. The standard InChI is InChI=1S/C16H17N3O2.C5H6N2/c1-11(20)18-10-12-6-8-13(9-7-12)16(21)19-15-5-3-2-4-14(15)17;6-5-2-1-3-7-4-5/h2-9H,10,17H2,1H3,(H,18,20)(H,19,21);1-4H,6H2. The first-order chi connectivity index (χ1) is 13.5. The number of rotatable bonds is 4. The maximum Gasteiger partial charge on any atom is 0.255 e. The molecule has 2 aromatic carbocycles. The summed E-state index contributed by atoms with van der Waals surface area (Å²) >= 11 is 0. The van der Waals surface area contributed by atoms with Crippen LogP contribution in [0.5, 0.6) is 0 Å². The van der Waals surface area contributed by atoms with Gasteiger partial charge in [0, 0.05) is 31.4 Å². The van der Waals surface area contributed by atoms with Gasteiger partial charge in [-0.2, -0.15) is 0 Å². The van der Waals surface area contributed by atoms with Gasteiger partial charge in [0.1, 0.15) is 0 Å². The van der Waals surface area contributed by atoms with Crippen LogP contribution in [0.4, 0.5) is 17.1 Å². The lowest BCUT2D eigenvalue weighted by atomic mass is 10.1. The highest BCUT2D eigenvalue weighted by molar-refractivity contribution is 6.05. The summed E-state index contributed by atoms with van der Waals surface area (Å²) in [6.45, 7) is 1.91. The molecule has 2 amide bonds. The van der Waals surface area contributed by atoms with E-state index in [-0.39, 0.29) is 11.8 Å². The summed E-state index contributed by atoms with van der Waals surface area (Å²) in [6, 6.07) is 17.7. The number of para-hydroxylation sites is 2. The van der Waals surface area contributed by atoms with Gasteiger partial charge in [0.15, 0.2) is 0 Å². The van der Waals surface area contributed by atoms with Crippen molar-refractivity contribution < 1.29 is 9.59 Å². The first-order valence-corrected chi connectivity index (χ1v) is 8.60. The fourth-order valence-electron chi connectivity index (χ4n) is 2.18. The number of anilines is 3. The number of pyridine rings is 1. The molecule has 144 valence electrons. The summed E-state index contributed by atoms with van der Waals surface area (Å²) in [6.07, 6.45) is 3.30. The number of carbonyl (C=O) groups is 2. The van der Waals surface area contributed by atoms with E-state index in [0.717, 1.165) is 5.56 Å². The van der Waals surface area contributed by atoms with Crippen LogP contribution in [0.3, 0.4) is 0 Å². The van der Waals surface area contributed by atoms with Crippen LogP contribution in [0.25, 0.3) is 0 Å². The van der Waals surface area contributed by atoms with Crippen LogP contribution in [-0.4, -0.2) is 16.8 Å². The quantitative estimate of drug-likeness (QED) is 0.521. The molecule has 7 nitrogen and oxygen atoms in total. The summed E-state index contributed by atoms with van der Waals surface area (Å²) in [7, 11) is 0. The average Bonchev–Trinajstić information content (AvgIpc) is 2.69. The molecule has 0 saturated heterocycles. The van der Waals surface area contributed by atoms with Gasteiger partial charge in [-0.05, 0) is 42.0 Å². The minimum Gasteiger partial charge on any atom is -0.397 e. The number of nitrogens with zero attached hydrogens (tertiary/aromatic N) is 1. The minimum absolute atomic E-state index is 0.0867. The van der Waals surface area contributed by atoms with Gasteiger partial charge in [0.05, 0.1) is 17.1 Å². The smallest absolute Gasteiger partial charge is 0.255 e. The number of nitrogens with one attached hydrogen (secondary N) is 2. The van der Waals surface area contributed by atoms with Crippen molar-refractivity contribution in [1.29, 1.82) is 0 Å². The molecule has 3 rings (SSSR count). The molecule has 28 heavy (non-hydrogen) atoms. The maximum absolute atomic E-state index is 12.1. The Morgan fingerprint density at radius 3 is 2.21 bits per heavy atom. The molecule has 0 bridgehead atoms. The van der Waals surface area contributed by atoms with Crippen molar-refractivity contribution in [1.82, 2.24) is 10.3 Å². The number of nitrogen functional groups attached to an aromatic ring is 2. The number of benzene rings is 2. The molecule has 0 aliphatic rings. The van der Waals surface area contributed by atoms with Gasteiger partial charge in [-0.15, -0.1) is 0 Å². The molecule has 0 saturated carbocycles. The third-order valence-electron chi connectivity index (χ3n) is 3.65. The summed E-state index contributed by atoms with van der Waals surface area (Å²) in [5.74, 6) is -0.310. The number of hydrogen-bond donors (Lipinski definition) is 4. The number of aromatic nitrogens is 1. The second-order valence-electron chi connectivity index (χ2n) is 5.93. The Labute approximate surface area is 163 Å². The summed E-state index contributed by atoms with van der Waals surface area (Å²) in [5, 5.41) is 5.46. The third-order valence-corrected chi connectivity index (χ3v) is 3.65. The molecule has 1 heterocycles. The fourth-order valence-corrected chi connectivity index (χ4v) is 2.18. The molecule has 0 spiro atoms. The van der Waals surface area contributed by atoms with Gasteiger partial charge in [-0.25, -0.2) is 0 Å². The van der Waals surface area contributed by atoms with Crippen LogP contribution in [0.1, 0.15) is 22.8 Å². The highest BCUT2D eigenvalue weighted by Crippen LogP contribution is 2.18. The van der Waals surface area contributed by atoms with Crippen LogP contribution in [0, 0.1) is 0 Å². The molecule has 7 heteroatoms. The van der Waals surface area contributed by atoms with E-state index < -0.39 is 0 Å². The monoisotopic (exact) mass is 377 g/mol. The first kappa shape index (κ1) is 20.4. The molecule has 6 N–H and O–H groups in total. The molecule has 0 radical (unpaired) electrons. The topological polar surface area (TPSA) is 123 Å². The van der Waals surface area contributed by atoms with Crippen LogP contribution < -0.4 is 22.1 Å². The molecular weight excluding hydrogens is 354 g/mol. The molecule has 3 aromatic rings. The zero-order chi connectivity index (χ0) is 20.4. The van der Waals surface area contributed by atoms with Gasteiger partial charge >= 0.3 is 0 Å². The van der Waals surface area contributed by atoms with E-state index in [4.69, 9.17) is 11.5 Å². The van der Waals surface area contributed by atoms with E-state index in [1.165, 1.54) is 6.92 Å². The lowest BCUT2D eigenvalue weighted by Crippen LogP contribution is -2.19. The Morgan fingerprint density at radius 2 is 1.68 bits per heavy atom. The van der Waals surface area contributed by atoms with Gasteiger partial charge in [0.25, 0.3) is 5.91 Å².